The van der Waals surface area contributed by atoms with Crippen LogP contribution in [0.25, 0.3) is 11.0 Å². The molecule has 0 saturated heterocycles. The zero-order chi connectivity index (χ0) is 20.8. The first-order chi connectivity index (χ1) is 14.0. The van der Waals surface area contributed by atoms with Crippen molar-refractivity contribution in [1.82, 2.24) is 14.9 Å². The van der Waals surface area contributed by atoms with Gasteiger partial charge in [0.25, 0.3) is 5.91 Å². The van der Waals surface area contributed by atoms with Gasteiger partial charge < -0.3 is 19.4 Å². The molecule has 1 heterocycles. The second kappa shape index (κ2) is 9.60. The van der Waals surface area contributed by atoms with Crippen LogP contribution >= 0.6 is 15.9 Å². The number of halogens is 1. The number of carbonyl (C=O) groups excluding carboxylic acids is 1. The molecule has 0 saturated carbocycles. The predicted molar refractivity (Wildman–Crippen MR) is 118 cm³/mol. The molecule has 0 atom stereocenters. The van der Waals surface area contributed by atoms with E-state index in [9.17, 15) is 4.79 Å². The number of aromatic nitrogens is 2. The Labute approximate surface area is 178 Å². The molecule has 0 unspecified atom stereocenters. The molecule has 0 aliphatic carbocycles. The number of amides is 1. The van der Waals surface area contributed by atoms with Crippen molar-refractivity contribution < 1.29 is 14.3 Å². The number of benzene rings is 2. The lowest BCUT2D eigenvalue weighted by molar-refractivity contribution is 0.0952. The standard InChI is InChI=1S/C22H24BrN3O3/c1-15(23)14-26-18-8-5-4-7-17(18)25-21(26)9-6-12-24-22(27)16-10-11-19(28-2)20(13-16)29-3/h4-5,7-8,10-11,13H,1,6,9,12,14H2,2-3H3,(H,24,27). The lowest BCUT2D eigenvalue weighted by atomic mass is 10.2. The molecule has 1 aromatic heterocycles. The fourth-order valence-corrected chi connectivity index (χ4v) is 3.44. The summed E-state index contributed by atoms with van der Waals surface area (Å²) in [5.74, 6) is 1.96. The molecule has 0 aliphatic rings. The molecule has 0 radical (unpaired) electrons. The summed E-state index contributed by atoms with van der Waals surface area (Å²) in [5.41, 5.74) is 2.58. The summed E-state index contributed by atoms with van der Waals surface area (Å²) in [7, 11) is 3.11. The van der Waals surface area contributed by atoms with Crippen LogP contribution < -0.4 is 14.8 Å². The number of hydrogen-bond donors (Lipinski definition) is 1. The van der Waals surface area contributed by atoms with Crippen molar-refractivity contribution in [3.8, 4) is 11.5 Å². The highest BCUT2D eigenvalue weighted by Crippen LogP contribution is 2.27. The van der Waals surface area contributed by atoms with Crippen LogP contribution in [-0.4, -0.2) is 36.2 Å². The van der Waals surface area contributed by atoms with Crippen LogP contribution in [0, 0.1) is 0 Å². The maximum absolute atomic E-state index is 12.4. The predicted octanol–water partition coefficient (Wildman–Crippen LogP) is 4.32. The van der Waals surface area contributed by atoms with Crippen LogP contribution in [0.15, 0.2) is 53.5 Å². The number of aryl methyl sites for hydroxylation is 1. The van der Waals surface area contributed by atoms with Gasteiger partial charge in [0.2, 0.25) is 0 Å². The lowest BCUT2D eigenvalue weighted by Crippen LogP contribution is -2.25. The second-order valence-corrected chi connectivity index (χ2v) is 7.67. The van der Waals surface area contributed by atoms with Gasteiger partial charge in [-0.1, -0.05) is 34.6 Å². The van der Waals surface area contributed by atoms with E-state index in [2.05, 4.69) is 38.5 Å². The van der Waals surface area contributed by atoms with E-state index in [-0.39, 0.29) is 5.91 Å². The number of ether oxygens (including phenoxy) is 2. The molecule has 6 nitrogen and oxygen atoms in total. The molecule has 1 N–H and O–H groups in total. The molecule has 0 bridgehead atoms. The van der Waals surface area contributed by atoms with Crippen molar-refractivity contribution in [3.63, 3.8) is 0 Å². The molecule has 7 heteroatoms. The minimum absolute atomic E-state index is 0.145. The van der Waals surface area contributed by atoms with Crippen molar-refractivity contribution in [2.75, 3.05) is 20.8 Å². The molecule has 0 fully saturated rings. The highest BCUT2D eigenvalue weighted by Gasteiger charge is 2.12. The summed E-state index contributed by atoms with van der Waals surface area (Å²) in [6.07, 6.45) is 1.53. The maximum atomic E-state index is 12.4. The fraction of sp³-hybridized carbons (Fsp3) is 0.273. The number of carbonyl (C=O) groups is 1. The van der Waals surface area contributed by atoms with Gasteiger partial charge in [0, 0.05) is 23.0 Å². The van der Waals surface area contributed by atoms with Gasteiger partial charge in [-0.15, -0.1) is 0 Å². The summed E-state index contributed by atoms with van der Waals surface area (Å²) in [5, 5.41) is 2.95. The Balaban J connectivity index is 1.62. The second-order valence-electron chi connectivity index (χ2n) is 6.55. The van der Waals surface area contributed by atoms with Gasteiger partial charge in [-0.3, -0.25) is 4.79 Å². The number of para-hydroxylation sites is 2. The zero-order valence-electron chi connectivity index (χ0n) is 16.6. The van der Waals surface area contributed by atoms with Crippen LogP contribution in [0.3, 0.4) is 0 Å². The maximum Gasteiger partial charge on any atom is 0.251 e. The van der Waals surface area contributed by atoms with Crippen LogP contribution in [0.4, 0.5) is 0 Å². The Morgan fingerprint density at radius 2 is 1.93 bits per heavy atom. The summed E-state index contributed by atoms with van der Waals surface area (Å²) in [4.78, 5) is 17.2. The lowest BCUT2D eigenvalue weighted by Gasteiger charge is -2.11. The van der Waals surface area contributed by atoms with Gasteiger partial charge in [0.05, 0.1) is 31.8 Å². The average molecular weight is 458 g/mol. The number of allylic oxidation sites excluding steroid dienone is 1. The zero-order valence-corrected chi connectivity index (χ0v) is 18.2. The summed E-state index contributed by atoms with van der Waals surface area (Å²) < 4.78 is 13.5. The molecule has 0 aliphatic heterocycles. The first-order valence-corrected chi connectivity index (χ1v) is 10.1. The first kappa shape index (κ1) is 20.9. The van der Waals surface area contributed by atoms with Gasteiger partial charge in [-0.2, -0.15) is 0 Å². The molecule has 0 spiro atoms. The molecular weight excluding hydrogens is 434 g/mol. The monoisotopic (exact) mass is 457 g/mol. The van der Waals surface area contributed by atoms with E-state index < -0.39 is 0 Å². The Kier molecular flexibility index (Phi) is 6.93. The van der Waals surface area contributed by atoms with Crippen LogP contribution in [0.2, 0.25) is 0 Å². The van der Waals surface area contributed by atoms with Gasteiger partial charge in [0.15, 0.2) is 11.5 Å². The van der Waals surface area contributed by atoms with Gasteiger partial charge in [0.1, 0.15) is 5.82 Å². The molecule has 29 heavy (non-hydrogen) atoms. The number of methoxy groups -OCH3 is 2. The normalized spacial score (nSPS) is 10.7. The number of hydrogen-bond acceptors (Lipinski definition) is 4. The van der Waals surface area contributed by atoms with E-state index in [0.717, 1.165) is 34.2 Å². The average Bonchev–Trinajstić information content (AvgIpc) is 3.07. The Hall–Kier alpha value is -2.80. The summed E-state index contributed by atoms with van der Waals surface area (Å²) in [6.45, 7) is 5.16. The SMILES string of the molecule is C=C(Br)Cn1c(CCCNC(=O)c2ccc(OC)c(OC)c2)nc2ccccc21. The van der Waals surface area contributed by atoms with E-state index in [1.807, 2.05) is 18.2 Å². The van der Waals surface area contributed by atoms with Crippen molar-refractivity contribution in [3.05, 3.63) is 64.9 Å². The highest BCUT2D eigenvalue weighted by molar-refractivity contribution is 9.11. The first-order valence-electron chi connectivity index (χ1n) is 9.31. The highest BCUT2D eigenvalue weighted by atomic mass is 79.9. The quantitative estimate of drug-likeness (QED) is 0.485. The van der Waals surface area contributed by atoms with E-state index in [4.69, 9.17) is 14.5 Å². The van der Waals surface area contributed by atoms with Crippen LogP contribution in [0.1, 0.15) is 22.6 Å². The van der Waals surface area contributed by atoms with Crippen molar-refractivity contribution in [2.45, 2.75) is 19.4 Å². The number of nitrogens with zero attached hydrogens (tertiary/aromatic N) is 2. The number of rotatable bonds is 9. The summed E-state index contributed by atoms with van der Waals surface area (Å²) in [6, 6.07) is 13.2. The fourth-order valence-electron chi connectivity index (χ4n) is 3.19. The molecular formula is C22H24BrN3O3. The van der Waals surface area contributed by atoms with Gasteiger partial charge in [-0.05, 0) is 36.8 Å². The van der Waals surface area contributed by atoms with E-state index in [1.165, 1.54) is 0 Å². The number of nitrogens with one attached hydrogen (secondary N) is 1. The Bertz CT molecular complexity index is 1030. The third kappa shape index (κ3) is 4.98. The van der Waals surface area contributed by atoms with Crippen molar-refractivity contribution >= 4 is 32.9 Å². The molecule has 2 aromatic carbocycles. The van der Waals surface area contributed by atoms with E-state index in [0.29, 0.717) is 30.2 Å². The summed E-state index contributed by atoms with van der Waals surface area (Å²) >= 11 is 3.45. The Morgan fingerprint density at radius 3 is 2.66 bits per heavy atom. The van der Waals surface area contributed by atoms with E-state index in [1.54, 1.807) is 32.4 Å². The molecule has 3 rings (SSSR count). The third-order valence-corrected chi connectivity index (χ3v) is 4.82. The Morgan fingerprint density at radius 1 is 1.17 bits per heavy atom. The molecule has 152 valence electrons. The molecule has 3 aromatic rings. The van der Waals surface area contributed by atoms with Gasteiger partial charge in [-0.25, -0.2) is 4.98 Å². The topological polar surface area (TPSA) is 65.4 Å². The largest absolute Gasteiger partial charge is 0.493 e. The number of imidazole rings is 1. The minimum atomic E-state index is -0.145. The van der Waals surface area contributed by atoms with Crippen LogP contribution in [0.5, 0.6) is 11.5 Å². The molecule has 1 amide bonds. The van der Waals surface area contributed by atoms with E-state index >= 15 is 0 Å². The number of fused-ring (bicyclic) bond motifs is 1. The van der Waals surface area contributed by atoms with Crippen LogP contribution in [-0.2, 0) is 13.0 Å². The van der Waals surface area contributed by atoms with Gasteiger partial charge >= 0.3 is 0 Å². The minimum Gasteiger partial charge on any atom is -0.493 e. The van der Waals surface area contributed by atoms with Crippen molar-refractivity contribution in [1.29, 1.82) is 0 Å². The van der Waals surface area contributed by atoms with Crippen molar-refractivity contribution in [2.24, 2.45) is 0 Å². The third-order valence-electron chi connectivity index (χ3n) is 4.57. The smallest absolute Gasteiger partial charge is 0.251 e.